The molecule has 6 nitrogen and oxygen atoms in total. The maximum atomic E-state index is 12.1. The van der Waals surface area contributed by atoms with Crippen LogP contribution >= 0.6 is 0 Å². The van der Waals surface area contributed by atoms with Crippen molar-refractivity contribution in [1.29, 1.82) is 0 Å². The summed E-state index contributed by atoms with van der Waals surface area (Å²) in [6, 6.07) is 17.1. The Kier molecular flexibility index (Phi) is 6.90. The highest BCUT2D eigenvalue weighted by molar-refractivity contribution is 5.91. The number of amides is 1. The number of aromatic nitrogens is 2. The number of nitrogens with one attached hydrogen (secondary N) is 1. The Labute approximate surface area is 183 Å². The molecule has 6 heteroatoms. The normalized spacial score (nSPS) is 11.1. The van der Waals surface area contributed by atoms with Gasteiger partial charge in [0.05, 0.1) is 16.9 Å². The molecular weight excluding hydrogens is 390 g/mol. The maximum absolute atomic E-state index is 12.1. The molecule has 0 bridgehead atoms. The molecule has 2 aromatic carbocycles. The van der Waals surface area contributed by atoms with E-state index in [0.29, 0.717) is 18.2 Å². The Balaban J connectivity index is 2.06. The van der Waals surface area contributed by atoms with Gasteiger partial charge < -0.3 is 10.1 Å². The summed E-state index contributed by atoms with van der Waals surface area (Å²) in [7, 11) is 0. The number of carbonyl (C=O) groups excluding carboxylic acids is 2. The standard InChI is InChI=1S/C25H29N3O3/c1-16(2)15-22(30)26-20-13-11-19(12-14-20)23-24(17(3)4)27-28(25(23)31-18(5)29)21-9-7-6-8-10-21/h6-14,16-17H,15H2,1-5H3,(H,26,30). The van der Waals surface area contributed by atoms with E-state index in [0.717, 1.165) is 28.2 Å². The van der Waals surface area contributed by atoms with Gasteiger partial charge in [-0.2, -0.15) is 9.78 Å². The van der Waals surface area contributed by atoms with Crippen molar-refractivity contribution in [3.63, 3.8) is 0 Å². The number of para-hydroxylation sites is 1. The minimum atomic E-state index is -0.411. The van der Waals surface area contributed by atoms with Crippen molar-refractivity contribution in [3.8, 4) is 22.7 Å². The van der Waals surface area contributed by atoms with Crippen molar-refractivity contribution < 1.29 is 14.3 Å². The van der Waals surface area contributed by atoms with Crippen LogP contribution in [0, 0.1) is 5.92 Å². The van der Waals surface area contributed by atoms with Gasteiger partial charge in [0.2, 0.25) is 11.8 Å². The van der Waals surface area contributed by atoms with Crippen LogP contribution in [0.5, 0.6) is 5.88 Å². The molecule has 0 aliphatic rings. The second-order valence-electron chi connectivity index (χ2n) is 8.28. The van der Waals surface area contributed by atoms with Gasteiger partial charge in [0.15, 0.2) is 0 Å². The molecule has 1 amide bonds. The highest BCUT2D eigenvalue weighted by atomic mass is 16.5. The van der Waals surface area contributed by atoms with Gasteiger partial charge in [0.25, 0.3) is 0 Å². The molecule has 1 N–H and O–H groups in total. The number of hydrogen-bond donors (Lipinski definition) is 1. The average Bonchev–Trinajstić information content (AvgIpc) is 3.07. The van der Waals surface area contributed by atoms with E-state index in [2.05, 4.69) is 19.2 Å². The molecule has 1 heterocycles. The van der Waals surface area contributed by atoms with E-state index in [-0.39, 0.29) is 11.8 Å². The van der Waals surface area contributed by atoms with E-state index in [4.69, 9.17) is 9.84 Å². The molecular formula is C25H29N3O3. The van der Waals surface area contributed by atoms with Crippen LogP contribution in [-0.2, 0) is 9.59 Å². The second kappa shape index (κ2) is 9.60. The molecule has 0 aliphatic carbocycles. The van der Waals surface area contributed by atoms with Crippen molar-refractivity contribution >= 4 is 17.6 Å². The summed E-state index contributed by atoms with van der Waals surface area (Å²) < 4.78 is 7.32. The maximum Gasteiger partial charge on any atom is 0.309 e. The van der Waals surface area contributed by atoms with Crippen LogP contribution in [0.1, 0.15) is 52.7 Å². The summed E-state index contributed by atoms with van der Waals surface area (Å²) in [4.78, 5) is 24.0. The number of nitrogens with zero attached hydrogens (tertiary/aromatic N) is 2. The number of hydrogen-bond acceptors (Lipinski definition) is 4. The van der Waals surface area contributed by atoms with E-state index >= 15 is 0 Å². The summed E-state index contributed by atoms with van der Waals surface area (Å²) in [5.41, 5.74) is 4.00. The van der Waals surface area contributed by atoms with Gasteiger partial charge in [-0.3, -0.25) is 9.59 Å². The Morgan fingerprint density at radius 1 is 1.00 bits per heavy atom. The van der Waals surface area contributed by atoms with Gasteiger partial charge in [0.1, 0.15) is 0 Å². The van der Waals surface area contributed by atoms with E-state index in [1.807, 2.05) is 68.4 Å². The molecule has 3 aromatic rings. The van der Waals surface area contributed by atoms with Crippen LogP contribution in [-0.4, -0.2) is 21.7 Å². The molecule has 0 saturated carbocycles. The fourth-order valence-electron chi connectivity index (χ4n) is 3.37. The largest absolute Gasteiger partial charge is 0.407 e. The Bertz CT molecular complexity index is 1050. The zero-order valence-corrected chi connectivity index (χ0v) is 18.7. The predicted octanol–water partition coefficient (Wildman–Crippen LogP) is 5.57. The lowest BCUT2D eigenvalue weighted by Crippen LogP contribution is -2.13. The fourth-order valence-corrected chi connectivity index (χ4v) is 3.37. The van der Waals surface area contributed by atoms with Gasteiger partial charge in [-0.25, -0.2) is 0 Å². The molecule has 31 heavy (non-hydrogen) atoms. The number of rotatable bonds is 7. The molecule has 0 saturated heterocycles. The minimum absolute atomic E-state index is 0.0110. The Morgan fingerprint density at radius 2 is 1.65 bits per heavy atom. The first-order chi connectivity index (χ1) is 14.8. The second-order valence-corrected chi connectivity index (χ2v) is 8.28. The van der Waals surface area contributed by atoms with Crippen LogP contribution in [0.4, 0.5) is 5.69 Å². The first kappa shape index (κ1) is 22.3. The fraction of sp³-hybridized carbons (Fsp3) is 0.320. The molecule has 0 fully saturated rings. The number of anilines is 1. The molecule has 0 radical (unpaired) electrons. The van der Waals surface area contributed by atoms with Gasteiger partial charge in [-0.05, 0) is 41.7 Å². The molecule has 0 aliphatic heterocycles. The van der Waals surface area contributed by atoms with Crippen LogP contribution in [0.3, 0.4) is 0 Å². The lowest BCUT2D eigenvalue weighted by molar-refractivity contribution is -0.132. The van der Waals surface area contributed by atoms with Crippen LogP contribution < -0.4 is 10.1 Å². The predicted molar refractivity (Wildman–Crippen MR) is 122 cm³/mol. The van der Waals surface area contributed by atoms with Crippen LogP contribution in [0.25, 0.3) is 16.8 Å². The lowest BCUT2D eigenvalue weighted by Gasteiger charge is -2.11. The molecule has 0 spiro atoms. The smallest absolute Gasteiger partial charge is 0.309 e. The van der Waals surface area contributed by atoms with Crippen molar-refractivity contribution in [1.82, 2.24) is 9.78 Å². The monoisotopic (exact) mass is 419 g/mol. The lowest BCUT2D eigenvalue weighted by atomic mass is 9.99. The SMILES string of the molecule is CC(=O)Oc1c(-c2ccc(NC(=O)CC(C)C)cc2)c(C(C)C)nn1-c1ccccc1. The molecule has 0 atom stereocenters. The number of benzene rings is 2. The van der Waals surface area contributed by atoms with Gasteiger partial charge >= 0.3 is 5.97 Å². The number of ether oxygens (including phenoxy) is 1. The van der Waals surface area contributed by atoms with E-state index in [1.54, 1.807) is 4.68 Å². The molecule has 0 unspecified atom stereocenters. The Morgan fingerprint density at radius 3 is 2.19 bits per heavy atom. The number of esters is 1. The van der Waals surface area contributed by atoms with Crippen LogP contribution in [0.2, 0.25) is 0 Å². The summed E-state index contributed by atoms with van der Waals surface area (Å²) in [5.74, 6) is 0.371. The van der Waals surface area contributed by atoms with E-state index in [9.17, 15) is 9.59 Å². The molecule has 3 rings (SSSR count). The summed E-state index contributed by atoms with van der Waals surface area (Å²) in [5, 5.41) is 7.70. The van der Waals surface area contributed by atoms with Crippen molar-refractivity contribution in [2.75, 3.05) is 5.32 Å². The zero-order chi connectivity index (χ0) is 22.5. The third-order valence-electron chi connectivity index (χ3n) is 4.71. The van der Waals surface area contributed by atoms with Gasteiger partial charge in [0, 0.05) is 19.0 Å². The Hall–Kier alpha value is -3.41. The summed E-state index contributed by atoms with van der Waals surface area (Å²) in [6.45, 7) is 9.51. The highest BCUT2D eigenvalue weighted by Crippen LogP contribution is 2.39. The van der Waals surface area contributed by atoms with Crippen molar-refractivity contribution in [3.05, 3.63) is 60.3 Å². The van der Waals surface area contributed by atoms with E-state index in [1.165, 1.54) is 6.92 Å². The highest BCUT2D eigenvalue weighted by Gasteiger charge is 2.25. The van der Waals surface area contributed by atoms with Crippen LogP contribution in [0.15, 0.2) is 54.6 Å². The van der Waals surface area contributed by atoms with Gasteiger partial charge in [-0.15, -0.1) is 0 Å². The summed E-state index contributed by atoms with van der Waals surface area (Å²) in [6.07, 6.45) is 0.472. The van der Waals surface area contributed by atoms with E-state index < -0.39 is 5.97 Å². The summed E-state index contributed by atoms with van der Waals surface area (Å²) >= 11 is 0. The average molecular weight is 420 g/mol. The quantitative estimate of drug-likeness (QED) is 0.508. The number of carbonyl (C=O) groups is 2. The topological polar surface area (TPSA) is 73.2 Å². The zero-order valence-electron chi connectivity index (χ0n) is 18.7. The van der Waals surface area contributed by atoms with Crippen molar-refractivity contribution in [2.24, 2.45) is 5.92 Å². The third kappa shape index (κ3) is 5.40. The molecule has 1 aromatic heterocycles. The minimum Gasteiger partial charge on any atom is -0.407 e. The van der Waals surface area contributed by atoms with Crippen molar-refractivity contribution in [2.45, 2.75) is 47.0 Å². The first-order valence-electron chi connectivity index (χ1n) is 10.5. The van der Waals surface area contributed by atoms with Gasteiger partial charge in [-0.1, -0.05) is 58.0 Å². The molecule has 162 valence electrons. The first-order valence-corrected chi connectivity index (χ1v) is 10.5. The third-order valence-corrected chi connectivity index (χ3v) is 4.71.